The summed E-state index contributed by atoms with van der Waals surface area (Å²) in [6, 6.07) is 36.7. The summed E-state index contributed by atoms with van der Waals surface area (Å²) in [5.74, 6) is 0.749. The van der Waals surface area contributed by atoms with Crippen molar-refractivity contribution in [2.24, 2.45) is 0 Å². The molecular formula is C44H34N4O4. The van der Waals surface area contributed by atoms with E-state index in [1.165, 1.54) is 0 Å². The van der Waals surface area contributed by atoms with Gasteiger partial charge in [0.25, 0.3) is 0 Å². The highest BCUT2D eigenvalue weighted by Gasteiger charge is 2.27. The molecular weight excluding hydrogens is 649 g/mol. The van der Waals surface area contributed by atoms with Crippen LogP contribution in [0.5, 0.6) is 23.0 Å². The lowest BCUT2D eigenvalue weighted by Crippen LogP contribution is -2.31. The van der Waals surface area contributed by atoms with E-state index >= 15 is 0 Å². The molecule has 0 fully saturated rings. The number of fused-ring (bicyclic) bond motifs is 8. The number of aromatic amines is 2. The van der Waals surface area contributed by atoms with Crippen LogP contribution < -0.4 is 21.3 Å². The lowest BCUT2D eigenvalue weighted by molar-refractivity contribution is 0.474. The molecule has 5 heterocycles. The van der Waals surface area contributed by atoms with Crippen LogP contribution in [0.3, 0.4) is 0 Å². The Hall–Kier alpha value is -7.06. The highest BCUT2D eigenvalue weighted by Crippen LogP contribution is 2.36. The molecule has 0 spiro atoms. The Morgan fingerprint density at radius 3 is 1.08 bits per heavy atom. The van der Waals surface area contributed by atoms with Gasteiger partial charge in [0.05, 0.1) is 12.1 Å². The monoisotopic (exact) mass is 682 g/mol. The van der Waals surface area contributed by atoms with E-state index in [4.69, 9.17) is 0 Å². The number of benzene rings is 4. The van der Waals surface area contributed by atoms with Crippen LogP contribution in [0.2, 0.25) is 0 Å². The van der Waals surface area contributed by atoms with Gasteiger partial charge in [-0.3, -0.25) is 0 Å². The summed E-state index contributed by atoms with van der Waals surface area (Å²) in [6.45, 7) is 0. The van der Waals surface area contributed by atoms with E-state index in [1.54, 1.807) is 48.5 Å². The quantitative estimate of drug-likeness (QED) is 0.118. The van der Waals surface area contributed by atoms with Crippen LogP contribution in [0.1, 0.15) is 33.6 Å². The maximum atomic E-state index is 10.2. The number of hydrogen-bond donors (Lipinski definition) is 8. The zero-order chi connectivity index (χ0) is 35.3. The molecule has 0 amide bonds. The van der Waals surface area contributed by atoms with Crippen LogP contribution in [-0.4, -0.2) is 42.5 Å². The minimum atomic E-state index is -0.235. The standard InChI is InChI=1S/C44H34N4O4/c49-29-9-1-25(2-10-29)41-33-17-19-35(45-33)42(26-3-11-30(50)12-4-26)37-21-23-39(47-37)44(28-7-15-32(52)16-8-28)40-24-22-38(48-40)43(36-20-18-34(41)46-36)27-5-13-31(51)14-6-27/h1-24,33,38,45-52H/b41-34-,42-35-,43-36-,44-40-. The summed E-state index contributed by atoms with van der Waals surface area (Å²) in [5.41, 5.74) is 11.1. The number of allylic oxidation sites excluding steroid dienone is 2. The minimum Gasteiger partial charge on any atom is -0.508 e. The molecule has 0 saturated heterocycles. The molecule has 8 bridgehead atoms. The van der Waals surface area contributed by atoms with Gasteiger partial charge in [0.15, 0.2) is 0 Å². The summed E-state index contributed by atoms with van der Waals surface area (Å²) in [4.78, 5) is 7.47. The van der Waals surface area contributed by atoms with Crippen LogP contribution in [-0.2, 0) is 0 Å². The first-order valence-electron chi connectivity index (χ1n) is 17.1. The molecule has 8 N–H and O–H groups in total. The van der Waals surface area contributed by atoms with Gasteiger partial charge in [0.2, 0.25) is 0 Å². The summed E-state index contributed by atoms with van der Waals surface area (Å²) >= 11 is 0. The number of hydrogen-bond acceptors (Lipinski definition) is 6. The smallest absolute Gasteiger partial charge is 0.115 e. The van der Waals surface area contributed by atoms with Gasteiger partial charge in [-0.1, -0.05) is 60.7 Å². The van der Waals surface area contributed by atoms with Crippen LogP contribution in [0.25, 0.3) is 22.3 Å². The average molecular weight is 683 g/mol. The molecule has 0 radical (unpaired) electrons. The van der Waals surface area contributed by atoms with Gasteiger partial charge in [-0.2, -0.15) is 0 Å². The second-order valence-electron chi connectivity index (χ2n) is 13.1. The normalized spacial score (nSPS) is 22.7. The van der Waals surface area contributed by atoms with Gasteiger partial charge in [-0.05, 0) is 107 Å². The Bertz CT molecular complexity index is 2410. The molecule has 0 aliphatic carbocycles. The number of aromatic hydroxyl groups is 4. The van der Waals surface area contributed by atoms with Crippen molar-refractivity contribution in [3.8, 4) is 23.0 Å². The highest BCUT2D eigenvalue weighted by atomic mass is 16.3. The van der Waals surface area contributed by atoms with Gasteiger partial charge in [-0.15, -0.1) is 0 Å². The van der Waals surface area contributed by atoms with Gasteiger partial charge < -0.3 is 41.0 Å². The van der Waals surface area contributed by atoms with E-state index in [9.17, 15) is 20.4 Å². The largest absolute Gasteiger partial charge is 0.508 e. The van der Waals surface area contributed by atoms with E-state index in [-0.39, 0.29) is 35.1 Å². The third kappa shape index (κ3) is 5.52. The Kier molecular flexibility index (Phi) is 7.36. The third-order valence-electron chi connectivity index (χ3n) is 9.85. The fourth-order valence-corrected chi connectivity index (χ4v) is 7.41. The van der Waals surface area contributed by atoms with Crippen molar-refractivity contribution >= 4 is 22.3 Å². The highest BCUT2D eigenvalue weighted by molar-refractivity contribution is 5.88. The SMILES string of the molecule is Oc1ccc(/C2=C3\C=CC(N3)/C(c3ccc(O)cc3)=c3/cc/c([nH]3)=C(\c3ccc(O)cc3)C3C=C/C(=C(\c4ccc(O)cc4)c4ccc2[nH]4)N3)cc1. The van der Waals surface area contributed by atoms with Crippen molar-refractivity contribution < 1.29 is 20.4 Å². The molecule has 2 unspecified atom stereocenters. The first-order valence-corrected chi connectivity index (χ1v) is 17.1. The molecule has 3 aliphatic heterocycles. The van der Waals surface area contributed by atoms with Gasteiger partial charge in [0, 0.05) is 55.8 Å². The number of rotatable bonds is 4. The molecule has 0 saturated carbocycles. The second kappa shape index (κ2) is 12.4. The second-order valence-corrected chi connectivity index (χ2v) is 13.1. The van der Waals surface area contributed by atoms with Gasteiger partial charge >= 0.3 is 0 Å². The molecule has 3 aliphatic rings. The zero-order valence-electron chi connectivity index (χ0n) is 27.8. The van der Waals surface area contributed by atoms with Gasteiger partial charge in [-0.25, -0.2) is 0 Å². The fourth-order valence-electron chi connectivity index (χ4n) is 7.41. The Balaban J connectivity index is 1.35. The van der Waals surface area contributed by atoms with Crippen molar-refractivity contribution in [2.45, 2.75) is 12.1 Å². The van der Waals surface area contributed by atoms with E-state index in [0.717, 1.165) is 78.0 Å². The number of phenolic OH excluding ortho intramolecular Hbond substituents is 4. The molecule has 6 aromatic rings. The topological polar surface area (TPSA) is 137 Å². The fraction of sp³-hybridized carbons (Fsp3) is 0.0455. The molecule has 52 heavy (non-hydrogen) atoms. The van der Waals surface area contributed by atoms with Crippen molar-refractivity contribution in [1.82, 2.24) is 20.6 Å². The average Bonchev–Trinajstić information content (AvgIpc) is 3.99. The summed E-state index contributed by atoms with van der Waals surface area (Å²) < 4.78 is 0. The molecule has 2 aromatic heterocycles. The molecule has 9 rings (SSSR count). The van der Waals surface area contributed by atoms with E-state index < -0.39 is 0 Å². The minimum absolute atomic E-state index is 0.185. The van der Waals surface area contributed by atoms with E-state index in [0.29, 0.717) is 0 Å². The third-order valence-corrected chi connectivity index (χ3v) is 9.85. The van der Waals surface area contributed by atoms with Crippen LogP contribution in [0.4, 0.5) is 0 Å². The zero-order valence-corrected chi connectivity index (χ0v) is 27.8. The Morgan fingerprint density at radius 2 is 0.712 bits per heavy atom. The molecule has 4 aromatic carbocycles. The number of H-pyrrole nitrogens is 2. The lowest BCUT2D eigenvalue weighted by atomic mass is 9.98. The van der Waals surface area contributed by atoms with Crippen LogP contribution in [0, 0.1) is 0 Å². The summed E-state index contributed by atoms with van der Waals surface area (Å²) in [7, 11) is 0. The van der Waals surface area contributed by atoms with E-state index in [1.807, 2.05) is 48.5 Å². The number of aromatic nitrogens is 2. The Labute approximate surface area is 299 Å². The number of phenols is 4. The maximum Gasteiger partial charge on any atom is 0.115 e. The van der Waals surface area contributed by atoms with E-state index in [2.05, 4.69) is 69.2 Å². The molecule has 254 valence electrons. The Morgan fingerprint density at radius 1 is 0.365 bits per heavy atom. The summed E-state index contributed by atoms with van der Waals surface area (Å²) in [5, 5.41) is 50.1. The van der Waals surface area contributed by atoms with Crippen LogP contribution in [0.15, 0.2) is 157 Å². The first kappa shape index (κ1) is 31.0. The van der Waals surface area contributed by atoms with Gasteiger partial charge in [0.1, 0.15) is 23.0 Å². The lowest BCUT2D eigenvalue weighted by Gasteiger charge is -2.20. The maximum absolute atomic E-state index is 10.2. The van der Waals surface area contributed by atoms with Crippen molar-refractivity contribution in [2.75, 3.05) is 0 Å². The van der Waals surface area contributed by atoms with Crippen molar-refractivity contribution in [1.29, 1.82) is 0 Å². The van der Waals surface area contributed by atoms with Crippen LogP contribution >= 0.6 is 0 Å². The predicted molar refractivity (Wildman–Crippen MR) is 202 cm³/mol. The molecule has 2 atom stereocenters. The predicted octanol–water partition coefficient (Wildman–Crippen LogP) is 5.85. The molecule has 8 heteroatoms. The number of nitrogens with one attached hydrogen (secondary N) is 4. The summed E-state index contributed by atoms with van der Waals surface area (Å²) in [6.07, 6.45) is 8.47. The first-order chi connectivity index (χ1) is 25.4. The van der Waals surface area contributed by atoms with Crippen molar-refractivity contribution in [3.05, 3.63) is 201 Å². The molecule has 8 nitrogen and oxygen atoms in total. The van der Waals surface area contributed by atoms with Crippen molar-refractivity contribution in [3.63, 3.8) is 0 Å².